The van der Waals surface area contributed by atoms with E-state index in [0.717, 1.165) is 12.1 Å². The summed E-state index contributed by atoms with van der Waals surface area (Å²) >= 11 is 1.61. The molecule has 1 atom stereocenters. The van der Waals surface area contributed by atoms with Crippen molar-refractivity contribution >= 4 is 17.4 Å². The van der Waals surface area contributed by atoms with Crippen molar-refractivity contribution in [1.82, 2.24) is 5.32 Å². The zero-order chi connectivity index (χ0) is 14.4. The van der Waals surface area contributed by atoms with Gasteiger partial charge in [-0.1, -0.05) is 42.0 Å². The minimum atomic E-state index is -0.812. The summed E-state index contributed by atoms with van der Waals surface area (Å²) in [4.78, 5) is 0. The average Bonchev–Trinajstić information content (AvgIpc) is 2.94. The van der Waals surface area contributed by atoms with Crippen LogP contribution in [0.3, 0.4) is 0 Å². The first kappa shape index (κ1) is 15.0. The van der Waals surface area contributed by atoms with Gasteiger partial charge in [0.15, 0.2) is 0 Å². The molecule has 1 heterocycles. The molecule has 2 nitrogen and oxygen atoms in total. The Kier molecular flexibility index (Phi) is 5.12. The van der Waals surface area contributed by atoms with Crippen LogP contribution in [0.15, 0.2) is 52.7 Å². The van der Waals surface area contributed by atoms with E-state index in [9.17, 15) is 5.11 Å². The summed E-state index contributed by atoms with van der Waals surface area (Å²) in [7, 11) is 0. The van der Waals surface area contributed by atoms with E-state index >= 15 is 0 Å². The molecule has 2 rings (SSSR count). The Labute approximate surface area is 124 Å². The Morgan fingerprint density at radius 3 is 2.70 bits per heavy atom. The van der Waals surface area contributed by atoms with Crippen LogP contribution < -0.4 is 5.32 Å². The van der Waals surface area contributed by atoms with Gasteiger partial charge in [-0.05, 0) is 41.8 Å². The predicted molar refractivity (Wildman–Crippen MR) is 86.9 cm³/mol. The van der Waals surface area contributed by atoms with Crippen molar-refractivity contribution in [3.05, 3.63) is 63.9 Å². The van der Waals surface area contributed by atoms with Crippen LogP contribution in [-0.4, -0.2) is 18.2 Å². The number of aliphatic hydroxyl groups is 1. The molecule has 0 amide bonds. The van der Waals surface area contributed by atoms with Gasteiger partial charge in [-0.3, -0.25) is 0 Å². The summed E-state index contributed by atoms with van der Waals surface area (Å²) in [6.45, 7) is 5.26. The molecule has 0 aliphatic heterocycles. The molecule has 0 bridgehead atoms. The van der Waals surface area contributed by atoms with Gasteiger partial charge in [0.1, 0.15) is 0 Å². The molecule has 20 heavy (non-hydrogen) atoms. The molecule has 1 aromatic heterocycles. The lowest BCUT2D eigenvalue weighted by Gasteiger charge is -2.23. The standard InChI is InChI=1S/C17H21NOS/c1-14(10-15-6-4-3-5-7-15)11-18-13-17(2,19)16-8-9-20-12-16/h3-10,12,18-19H,11,13H2,1-2H3/b14-10-. The number of hydrogen-bond donors (Lipinski definition) is 2. The minimum absolute atomic E-state index is 0.545. The maximum Gasteiger partial charge on any atom is 0.1000 e. The molecule has 1 unspecified atom stereocenters. The van der Waals surface area contributed by atoms with Crippen molar-refractivity contribution in [2.45, 2.75) is 19.4 Å². The molecule has 1 aromatic carbocycles. The quantitative estimate of drug-likeness (QED) is 0.850. The Morgan fingerprint density at radius 2 is 2.05 bits per heavy atom. The normalized spacial score (nSPS) is 15.1. The van der Waals surface area contributed by atoms with Gasteiger partial charge in [0, 0.05) is 13.1 Å². The largest absolute Gasteiger partial charge is 0.384 e. The van der Waals surface area contributed by atoms with E-state index in [2.05, 4.69) is 30.4 Å². The van der Waals surface area contributed by atoms with E-state index in [-0.39, 0.29) is 0 Å². The minimum Gasteiger partial charge on any atom is -0.384 e. The lowest BCUT2D eigenvalue weighted by atomic mass is 9.99. The summed E-state index contributed by atoms with van der Waals surface area (Å²) in [5, 5.41) is 17.7. The average molecular weight is 287 g/mol. The van der Waals surface area contributed by atoms with Crippen molar-refractivity contribution in [2.24, 2.45) is 0 Å². The Hall–Kier alpha value is -1.42. The molecule has 0 fully saturated rings. The van der Waals surface area contributed by atoms with Crippen molar-refractivity contribution < 1.29 is 5.11 Å². The van der Waals surface area contributed by atoms with Gasteiger partial charge in [0.2, 0.25) is 0 Å². The van der Waals surface area contributed by atoms with Crippen LogP contribution in [0.4, 0.5) is 0 Å². The van der Waals surface area contributed by atoms with Crippen LogP contribution >= 0.6 is 11.3 Å². The SMILES string of the molecule is C/C(=C/c1ccccc1)CNCC(C)(O)c1ccsc1. The van der Waals surface area contributed by atoms with Gasteiger partial charge in [0.25, 0.3) is 0 Å². The summed E-state index contributed by atoms with van der Waals surface area (Å²) in [5.41, 5.74) is 2.61. The number of thiophene rings is 1. The van der Waals surface area contributed by atoms with Crippen LogP contribution in [0.1, 0.15) is 25.0 Å². The third kappa shape index (κ3) is 4.30. The van der Waals surface area contributed by atoms with Crippen LogP contribution in [-0.2, 0) is 5.60 Å². The fourth-order valence-corrected chi connectivity index (χ4v) is 2.84. The van der Waals surface area contributed by atoms with Crippen LogP contribution in [0.2, 0.25) is 0 Å². The maximum absolute atomic E-state index is 10.4. The monoisotopic (exact) mass is 287 g/mol. The maximum atomic E-state index is 10.4. The number of nitrogens with one attached hydrogen (secondary N) is 1. The second-order valence-corrected chi connectivity index (χ2v) is 6.07. The topological polar surface area (TPSA) is 32.3 Å². The third-order valence-corrected chi connectivity index (χ3v) is 3.91. The van der Waals surface area contributed by atoms with Gasteiger partial charge >= 0.3 is 0 Å². The molecule has 0 saturated heterocycles. The highest BCUT2D eigenvalue weighted by atomic mass is 32.1. The van der Waals surface area contributed by atoms with Gasteiger partial charge in [-0.25, -0.2) is 0 Å². The zero-order valence-corrected chi connectivity index (χ0v) is 12.8. The summed E-state index contributed by atoms with van der Waals surface area (Å²) in [6, 6.07) is 12.2. The number of hydrogen-bond acceptors (Lipinski definition) is 3. The van der Waals surface area contributed by atoms with E-state index < -0.39 is 5.60 Å². The molecule has 0 aliphatic rings. The van der Waals surface area contributed by atoms with Crippen molar-refractivity contribution in [2.75, 3.05) is 13.1 Å². The molecule has 0 radical (unpaired) electrons. The first-order chi connectivity index (χ1) is 9.58. The number of rotatable bonds is 6. The van der Waals surface area contributed by atoms with Crippen molar-refractivity contribution in [3.8, 4) is 0 Å². The predicted octanol–water partition coefficient (Wildman–Crippen LogP) is 3.65. The Bertz CT molecular complexity index is 544. The van der Waals surface area contributed by atoms with E-state index in [0.29, 0.717) is 6.54 Å². The molecule has 2 N–H and O–H groups in total. The summed E-state index contributed by atoms with van der Waals surface area (Å²) < 4.78 is 0. The molecule has 106 valence electrons. The van der Waals surface area contributed by atoms with Crippen molar-refractivity contribution in [3.63, 3.8) is 0 Å². The van der Waals surface area contributed by atoms with E-state index in [1.54, 1.807) is 11.3 Å². The molecule has 0 spiro atoms. The molecule has 2 aromatic rings. The smallest absolute Gasteiger partial charge is 0.1000 e. The van der Waals surface area contributed by atoms with E-state index in [1.165, 1.54) is 11.1 Å². The lowest BCUT2D eigenvalue weighted by Crippen LogP contribution is -2.35. The Balaban J connectivity index is 1.85. The zero-order valence-electron chi connectivity index (χ0n) is 12.0. The molecule has 3 heteroatoms. The lowest BCUT2D eigenvalue weighted by molar-refractivity contribution is 0.0584. The van der Waals surface area contributed by atoms with Gasteiger partial charge in [0.05, 0.1) is 5.60 Å². The first-order valence-electron chi connectivity index (χ1n) is 6.76. The summed E-state index contributed by atoms with van der Waals surface area (Å²) in [6.07, 6.45) is 2.16. The molecular formula is C17H21NOS. The third-order valence-electron chi connectivity index (χ3n) is 3.23. The van der Waals surface area contributed by atoms with Gasteiger partial charge in [-0.15, -0.1) is 0 Å². The molecule has 0 aliphatic carbocycles. The van der Waals surface area contributed by atoms with Gasteiger partial charge < -0.3 is 10.4 Å². The Morgan fingerprint density at radius 1 is 1.30 bits per heavy atom. The second-order valence-electron chi connectivity index (χ2n) is 5.29. The first-order valence-corrected chi connectivity index (χ1v) is 7.70. The summed E-state index contributed by atoms with van der Waals surface area (Å²) in [5.74, 6) is 0. The molecule has 0 saturated carbocycles. The second kappa shape index (κ2) is 6.84. The fourth-order valence-electron chi connectivity index (χ4n) is 2.06. The number of benzene rings is 1. The fraction of sp³-hybridized carbons (Fsp3) is 0.294. The highest BCUT2D eigenvalue weighted by molar-refractivity contribution is 7.08. The molecular weight excluding hydrogens is 266 g/mol. The van der Waals surface area contributed by atoms with Crippen LogP contribution in [0, 0.1) is 0 Å². The van der Waals surface area contributed by atoms with Crippen molar-refractivity contribution in [1.29, 1.82) is 0 Å². The van der Waals surface area contributed by atoms with Crippen LogP contribution in [0.25, 0.3) is 6.08 Å². The highest BCUT2D eigenvalue weighted by Gasteiger charge is 2.22. The van der Waals surface area contributed by atoms with Crippen LogP contribution in [0.5, 0.6) is 0 Å². The van der Waals surface area contributed by atoms with E-state index in [4.69, 9.17) is 0 Å². The van der Waals surface area contributed by atoms with Gasteiger partial charge in [-0.2, -0.15) is 11.3 Å². The van der Waals surface area contributed by atoms with E-state index in [1.807, 2.05) is 41.9 Å². The highest BCUT2D eigenvalue weighted by Crippen LogP contribution is 2.22.